The van der Waals surface area contributed by atoms with Crippen LogP contribution in [-0.4, -0.2) is 4.98 Å². The second-order valence-corrected chi connectivity index (χ2v) is 2.19. The van der Waals surface area contributed by atoms with Crippen LogP contribution < -0.4 is 5.73 Å². The lowest BCUT2D eigenvalue weighted by atomic mass is 10.2. The molecular weight excluding hydrogens is 167 g/mol. The smallest absolute Gasteiger partial charge is 0.141 e. The predicted molar refractivity (Wildman–Crippen MR) is 44.0 cm³/mol. The summed E-state index contributed by atoms with van der Waals surface area (Å²) in [5.41, 5.74) is 6.19. The Bertz CT molecular complexity index is 210. The third kappa shape index (κ3) is 2.82. The molecule has 11 heavy (non-hydrogen) atoms. The van der Waals surface area contributed by atoms with Crippen LogP contribution in [0.1, 0.15) is 18.7 Å². The van der Waals surface area contributed by atoms with Gasteiger partial charge >= 0.3 is 0 Å². The number of aromatic nitrogens is 1. The largest absolute Gasteiger partial charge is 0.323 e. The van der Waals surface area contributed by atoms with Crippen LogP contribution in [-0.2, 0) is 0 Å². The van der Waals surface area contributed by atoms with Crippen LogP contribution >= 0.6 is 12.4 Å². The van der Waals surface area contributed by atoms with Crippen molar-refractivity contribution in [1.82, 2.24) is 4.98 Å². The second-order valence-electron chi connectivity index (χ2n) is 2.19. The fourth-order valence-electron chi connectivity index (χ4n) is 0.657. The molecular formula is C7H10ClFN2. The summed E-state index contributed by atoms with van der Waals surface area (Å²) in [7, 11) is 0. The van der Waals surface area contributed by atoms with Gasteiger partial charge in [0, 0.05) is 6.04 Å². The summed E-state index contributed by atoms with van der Waals surface area (Å²) in [6.07, 6.45) is 1.17. The minimum absolute atomic E-state index is 0. The van der Waals surface area contributed by atoms with Crippen molar-refractivity contribution in [3.05, 3.63) is 29.8 Å². The summed E-state index contributed by atoms with van der Waals surface area (Å²) in [4.78, 5) is 3.78. The Morgan fingerprint density at radius 1 is 1.55 bits per heavy atom. The van der Waals surface area contributed by atoms with E-state index in [2.05, 4.69) is 4.98 Å². The van der Waals surface area contributed by atoms with Crippen molar-refractivity contribution in [3.8, 4) is 0 Å². The molecule has 0 spiro atoms. The molecule has 1 rings (SSSR count). The van der Waals surface area contributed by atoms with Crippen molar-refractivity contribution < 1.29 is 4.39 Å². The number of nitrogens with two attached hydrogens (primary N) is 1. The van der Waals surface area contributed by atoms with E-state index in [0.717, 1.165) is 0 Å². The molecule has 0 aromatic carbocycles. The number of rotatable bonds is 1. The molecule has 62 valence electrons. The molecule has 0 amide bonds. The Hall–Kier alpha value is -0.670. The second kappa shape index (κ2) is 4.26. The lowest BCUT2D eigenvalue weighted by Crippen LogP contribution is -2.06. The number of halogens is 2. The van der Waals surface area contributed by atoms with Crippen LogP contribution in [0.2, 0.25) is 0 Å². The van der Waals surface area contributed by atoms with Gasteiger partial charge in [0.1, 0.15) is 5.82 Å². The fourth-order valence-corrected chi connectivity index (χ4v) is 0.657. The van der Waals surface area contributed by atoms with Gasteiger partial charge < -0.3 is 5.73 Å². The average Bonchev–Trinajstić information content (AvgIpc) is 1.88. The van der Waals surface area contributed by atoms with E-state index in [1.807, 2.05) is 0 Å². The van der Waals surface area contributed by atoms with E-state index in [-0.39, 0.29) is 24.3 Å². The molecule has 0 aliphatic carbocycles. The van der Waals surface area contributed by atoms with Crippen LogP contribution in [0.15, 0.2) is 18.3 Å². The number of hydrogen-bond acceptors (Lipinski definition) is 2. The van der Waals surface area contributed by atoms with Crippen molar-refractivity contribution in [2.45, 2.75) is 13.0 Å². The normalized spacial score (nSPS) is 11.9. The van der Waals surface area contributed by atoms with Crippen molar-refractivity contribution in [3.63, 3.8) is 0 Å². The summed E-state index contributed by atoms with van der Waals surface area (Å²) < 4.78 is 12.2. The lowest BCUT2D eigenvalue weighted by Gasteiger charge is -2.01. The van der Waals surface area contributed by atoms with Gasteiger partial charge in [0.15, 0.2) is 0 Å². The molecule has 2 nitrogen and oxygen atoms in total. The average molecular weight is 177 g/mol. The molecule has 4 heteroatoms. The minimum atomic E-state index is -0.329. The maximum Gasteiger partial charge on any atom is 0.141 e. The Balaban J connectivity index is 0.000001000. The summed E-state index contributed by atoms with van der Waals surface area (Å²) in [6.45, 7) is 1.81. The first-order valence-corrected chi connectivity index (χ1v) is 3.07. The maximum atomic E-state index is 12.2. The molecule has 0 aliphatic rings. The summed E-state index contributed by atoms with van der Waals surface area (Å²) in [6, 6.07) is 2.81. The van der Waals surface area contributed by atoms with Crippen LogP contribution in [0.5, 0.6) is 0 Å². The molecule has 0 saturated carbocycles. The molecule has 0 saturated heterocycles. The van der Waals surface area contributed by atoms with Gasteiger partial charge in [0.2, 0.25) is 0 Å². The van der Waals surface area contributed by atoms with Crippen molar-refractivity contribution in [1.29, 1.82) is 0 Å². The molecule has 1 atom stereocenters. The topological polar surface area (TPSA) is 38.9 Å². The van der Waals surface area contributed by atoms with Gasteiger partial charge in [0.05, 0.1) is 11.9 Å². The van der Waals surface area contributed by atoms with E-state index in [1.54, 1.807) is 13.0 Å². The first-order chi connectivity index (χ1) is 4.70. The van der Waals surface area contributed by atoms with Gasteiger partial charge in [-0.3, -0.25) is 4.98 Å². The Labute approximate surface area is 71.0 Å². The highest BCUT2D eigenvalue weighted by Gasteiger charge is 1.98. The molecule has 1 aromatic rings. The standard InChI is InChI=1S/C7H9FN2.ClH/c1-5(9)7-3-2-6(8)4-10-7;/h2-5H,9H2,1H3;1H/t5-;/m0./s1. The Morgan fingerprint density at radius 2 is 2.18 bits per heavy atom. The molecule has 0 aliphatic heterocycles. The first-order valence-electron chi connectivity index (χ1n) is 3.07. The molecule has 2 N–H and O–H groups in total. The van der Waals surface area contributed by atoms with E-state index in [9.17, 15) is 4.39 Å². The predicted octanol–water partition coefficient (Wildman–Crippen LogP) is 1.66. The van der Waals surface area contributed by atoms with Crippen molar-refractivity contribution in [2.75, 3.05) is 0 Å². The summed E-state index contributed by atoms with van der Waals surface area (Å²) in [5.74, 6) is -0.329. The summed E-state index contributed by atoms with van der Waals surface area (Å²) in [5, 5.41) is 0. The quantitative estimate of drug-likeness (QED) is 0.707. The van der Waals surface area contributed by atoms with Gasteiger partial charge in [-0.2, -0.15) is 0 Å². The van der Waals surface area contributed by atoms with E-state index in [0.29, 0.717) is 5.69 Å². The molecule has 0 fully saturated rings. The Kier molecular flexibility index (Phi) is 4.00. The highest BCUT2D eigenvalue weighted by atomic mass is 35.5. The minimum Gasteiger partial charge on any atom is -0.323 e. The van der Waals surface area contributed by atoms with Crippen LogP contribution in [0, 0.1) is 5.82 Å². The van der Waals surface area contributed by atoms with E-state index in [1.165, 1.54) is 12.3 Å². The third-order valence-corrected chi connectivity index (χ3v) is 1.22. The zero-order valence-corrected chi connectivity index (χ0v) is 6.94. The van der Waals surface area contributed by atoms with E-state index < -0.39 is 0 Å². The maximum absolute atomic E-state index is 12.2. The highest BCUT2D eigenvalue weighted by Crippen LogP contribution is 2.04. The van der Waals surface area contributed by atoms with Gasteiger partial charge in [0.25, 0.3) is 0 Å². The zero-order valence-electron chi connectivity index (χ0n) is 6.12. The highest BCUT2D eigenvalue weighted by molar-refractivity contribution is 5.85. The molecule has 0 bridgehead atoms. The number of hydrogen-bond donors (Lipinski definition) is 1. The first kappa shape index (κ1) is 10.3. The molecule has 1 aromatic heterocycles. The van der Waals surface area contributed by atoms with Gasteiger partial charge in [-0.05, 0) is 19.1 Å². The van der Waals surface area contributed by atoms with Crippen LogP contribution in [0.25, 0.3) is 0 Å². The SMILES string of the molecule is C[C@H](N)c1ccc(F)cn1.Cl. The zero-order chi connectivity index (χ0) is 7.56. The van der Waals surface area contributed by atoms with Gasteiger partial charge in [-0.25, -0.2) is 4.39 Å². The number of pyridine rings is 1. The third-order valence-electron chi connectivity index (χ3n) is 1.22. The fraction of sp³-hybridized carbons (Fsp3) is 0.286. The lowest BCUT2D eigenvalue weighted by molar-refractivity contribution is 0.616. The molecule has 0 unspecified atom stereocenters. The monoisotopic (exact) mass is 176 g/mol. The Morgan fingerprint density at radius 3 is 2.55 bits per heavy atom. The molecule has 0 radical (unpaired) electrons. The van der Waals surface area contributed by atoms with Crippen molar-refractivity contribution in [2.24, 2.45) is 5.73 Å². The van der Waals surface area contributed by atoms with Crippen LogP contribution in [0.4, 0.5) is 4.39 Å². The number of nitrogens with zero attached hydrogens (tertiary/aromatic N) is 1. The van der Waals surface area contributed by atoms with Crippen molar-refractivity contribution >= 4 is 12.4 Å². The van der Waals surface area contributed by atoms with Gasteiger partial charge in [-0.15, -0.1) is 12.4 Å². The summed E-state index contributed by atoms with van der Waals surface area (Å²) >= 11 is 0. The van der Waals surface area contributed by atoms with Crippen LogP contribution in [0.3, 0.4) is 0 Å². The van der Waals surface area contributed by atoms with Gasteiger partial charge in [-0.1, -0.05) is 0 Å². The van der Waals surface area contributed by atoms with E-state index >= 15 is 0 Å². The molecule has 1 heterocycles. The van der Waals surface area contributed by atoms with E-state index in [4.69, 9.17) is 5.73 Å².